The number of rotatable bonds is 1. The van der Waals surface area contributed by atoms with Crippen LogP contribution in [0.15, 0.2) is 18.2 Å². The molecule has 0 unspecified atom stereocenters. The van der Waals surface area contributed by atoms with Crippen LogP contribution in [0.4, 0.5) is 5.69 Å². The second-order valence-electron chi connectivity index (χ2n) is 7.50. The summed E-state index contributed by atoms with van der Waals surface area (Å²) in [6.07, 6.45) is 0. The summed E-state index contributed by atoms with van der Waals surface area (Å²) in [4.78, 5) is 2.57. The van der Waals surface area contributed by atoms with Crippen LogP contribution in [0, 0.1) is 19.3 Å². The quantitative estimate of drug-likeness (QED) is 0.831. The molecule has 0 spiro atoms. The molecule has 2 heteroatoms. The van der Waals surface area contributed by atoms with Gasteiger partial charge in [-0.3, -0.25) is 0 Å². The average molecular weight is 260 g/mol. The molecular formula is C17H28N2. The van der Waals surface area contributed by atoms with E-state index in [1.165, 1.54) is 16.8 Å². The number of benzene rings is 1. The fraction of sp³-hybridized carbons (Fsp3) is 0.647. The van der Waals surface area contributed by atoms with Crippen molar-refractivity contribution >= 4 is 5.69 Å². The van der Waals surface area contributed by atoms with Crippen LogP contribution in [0.5, 0.6) is 0 Å². The van der Waals surface area contributed by atoms with Gasteiger partial charge in [0.2, 0.25) is 0 Å². The second-order valence-corrected chi connectivity index (χ2v) is 7.50. The highest BCUT2D eigenvalue weighted by atomic mass is 15.2. The Balaban J connectivity index is 2.41. The van der Waals surface area contributed by atoms with Gasteiger partial charge in [-0.15, -0.1) is 0 Å². The van der Waals surface area contributed by atoms with Crippen molar-refractivity contribution in [3.05, 3.63) is 29.3 Å². The first-order valence-corrected chi connectivity index (χ1v) is 7.26. The van der Waals surface area contributed by atoms with Gasteiger partial charge in [0.25, 0.3) is 0 Å². The van der Waals surface area contributed by atoms with E-state index in [0.717, 1.165) is 19.6 Å². The smallest absolute Gasteiger partial charge is 0.0426 e. The van der Waals surface area contributed by atoms with Gasteiger partial charge in [-0.05, 0) is 44.2 Å². The lowest BCUT2D eigenvalue weighted by Crippen LogP contribution is -2.46. The molecule has 0 amide bonds. The third kappa shape index (κ3) is 3.30. The van der Waals surface area contributed by atoms with Gasteiger partial charge in [-0.2, -0.15) is 0 Å². The molecule has 1 aromatic rings. The number of hydrogen-bond donors (Lipinski definition) is 1. The summed E-state index contributed by atoms with van der Waals surface area (Å²) in [6.45, 7) is 17.0. The average Bonchev–Trinajstić information content (AvgIpc) is 2.35. The Labute approximate surface area is 118 Å². The van der Waals surface area contributed by atoms with Crippen molar-refractivity contribution in [3.8, 4) is 0 Å². The van der Waals surface area contributed by atoms with Crippen LogP contribution in [0.25, 0.3) is 0 Å². The lowest BCUT2D eigenvalue weighted by atomic mass is 9.92. The molecule has 1 aliphatic rings. The molecule has 0 bridgehead atoms. The topological polar surface area (TPSA) is 15.3 Å². The molecule has 1 saturated heterocycles. The molecule has 2 nitrogen and oxygen atoms in total. The van der Waals surface area contributed by atoms with E-state index in [1.54, 1.807) is 0 Å². The van der Waals surface area contributed by atoms with Gasteiger partial charge in [-0.25, -0.2) is 0 Å². The normalized spacial score (nSPS) is 22.1. The molecule has 0 aliphatic carbocycles. The Morgan fingerprint density at radius 1 is 1.00 bits per heavy atom. The Bertz CT molecular complexity index is 422. The van der Waals surface area contributed by atoms with E-state index < -0.39 is 0 Å². The fourth-order valence-electron chi connectivity index (χ4n) is 3.10. The van der Waals surface area contributed by atoms with Crippen LogP contribution >= 0.6 is 0 Å². The van der Waals surface area contributed by atoms with Gasteiger partial charge in [-0.1, -0.05) is 32.0 Å². The third-order valence-corrected chi connectivity index (χ3v) is 4.01. The van der Waals surface area contributed by atoms with E-state index in [9.17, 15) is 0 Å². The Morgan fingerprint density at radius 3 is 2.16 bits per heavy atom. The maximum Gasteiger partial charge on any atom is 0.0426 e. The Kier molecular flexibility index (Phi) is 3.65. The molecule has 1 heterocycles. The molecule has 1 fully saturated rings. The minimum atomic E-state index is 0.155. The molecule has 1 aromatic carbocycles. The zero-order valence-electron chi connectivity index (χ0n) is 13.3. The summed E-state index contributed by atoms with van der Waals surface area (Å²) < 4.78 is 0. The molecular weight excluding hydrogens is 232 g/mol. The molecule has 1 N–H and O–H groups in total. The summed E-state index contributed by atoms with van der Waals surface area (Å²) in [7, 11) is 0. The minimum absolute atomic E-state index is 0.155. The van der Waals surface area contributed by atoms with Crippen molar-refractivity contribution in [2.75, 3.05) is 24.5 Å². The van der Waals surface area contributed by atoms with Crippen molar-refractivity contribution < 1.29 is 0 Å². The van der Waals surface area contributed by atoms with Crippen molar-refractivity contribution in [2.45, 2.75) is 47.1 Å². The lowest BCUT2D eigenvalue weighted by Gasteiger charge is -2.35. The minimum Gasteiger partial charge on any atom is -0.369 e. The van der Waals surface area contributed by atoms with Crippen molar-refractivity contribution in [3.63, 3.8) is 0 Å². The van der Waals surface area contributed by atoms with Gasteiger partial charge in [0.15, 0.2) is 0 Å². The number of nitrogens with zero attached hydrogens (tertiary/aromatic N) is 1. The first kappa shape index (κ1) is 14.4. The summed E-state index contributed by atoms with van der Waals surface area (Å²) in [6, 6.07) is 6.60. The zero-order chi connectivity index (χ0) is 14.3. The molecule has 2 rings (SSSR count). The first-order valence-electron chi connectivity index (χ1n) is 7.26. The van der Waals surface area contributed by atoms with E-state index in [0.29, 0.717) is 5.41 Å². The Morgan fingerprint density at radius 2 is 1.58 bits per heavy atom. The lowest BCUT2D eigenvalue weighted by molar-refractivity contribution is 0.332. The van der Waals surface area contributed by atoms with E-state index in [-0.39, 0.29) is 5.54 Å². The van der Waals surface area contributed by atoms with E-state index >= 15 is 0 Å². The first-order chi connectivity index (χ1) is 8.70. The Hall–Kier alpha value is -1.02. The van der Waals surface area contributed by atoms with Crippen LogP contribution in [0.1, 0.15) is 38.8 Å². The molecule has 1 aliphatic heterocycles. The summed E-state index contributed by atoms with van der Waals surface area (Å²) >= 11 is 0. The molecule has 106 valence electrons. The van der Waals surface area contributed by atoms with Gasteiger partial charge in [0.1, 0.15) is 0 Å². The maximum absolute atomic E-state index is 3.71. The van der Waals surface area contributed by atoms with Crippen LogP contribution in [-0.2, 0) is 0 Å². The van der Waals surface area contributed by atoms with Gasteiger partial charge in [0.05, 0.1) is 0 Å². The van der Waals surface area contributed by atoms with Crippen LogP contribution in [0.2, 0.25) is 0 Å². The van der Waals surface area contributed by atoms with E-state index in [1.807, 2.05) is 0 Å². The van der Waals surface area contributed by atoms with Gasteiger partial charge >= 0.3 is 0 Å². The second kappa shape index (κ2) is 4.82. The van der Waals surface area contributed by atoms with Crippen LogP contribution < -0.4 is 10.2 Å². The van der Waals surface area contributed by atoms with Crippen molar-refractivity contribution in [1.82, 2.24) is 5.32 Å². The standard InChI is InChI=1S/C17H28N2/c1-13-8-7-9-14(2)15(13)19-11-16(3,4)10-18-17(5,6)12-19/h7-9,18H,10-12H2,1-6H3. The van der Waals surface area contributed by atoms with Crippen LogP contribution in [-0.4, -0.2) is 25.2 Å². The fourth-order valence-corrected chi connectivity index (χ4v) is 3.10. The molecule has 19 heavy (non-hydrogen) atoms. The van der Waals surface area contributed by atoms with Crippen molar-refractivity contribution in [1.29, 1.82) is 0 Å². The van der Waals surface area contributed by atoms with E-state index in [2.05, 4.69) is 70.0 Å². The number of hydrogen-bond acceptors (Lipinski definition) is 2. The molecule has 0 atom stereocenters. The van der Waals surface area contributed by atoms with Gasteiger partial charge < -0.3 is 10.2 Å². The molecule has 0 saturated carbocycles. The van der Waals surface area contributed by atoms with E-state index in [4.69, 9.17) is 0 Å². The predicted molar refractivity (Wildman–Crippen MR) is 84.0 cm³/mol. The predicted octanol–water partition coefficient (Wildman–Crippen LogP) is 3.52. The summed E-state index contributed by atoms with van der Waals surface area (Å²) in [5.41, 5.74) is 4.64. The highest BCUT2D eigenvalue weighted by molar-refractivity contribution is 5.59. The highest BCUT2D eigenvalue weighted by Gasteiger charge is 2.33. The number of para-hydroxylation sites is 1. The highest BCUT2D eigenvalue weighted by Crippen LogP contribution is 2.31. The largest absolute Gasteiger partial charge is 0.369 e. The maximum atomic E-state index is 3.71. The third-order valence-electron chi connectivity index (χ3n) is 4.01. The molecule has 0 radical (unpaired) electrons. The monoisotopic (exact) mass is 260 g/mol. The van der Waals surface area contributed by atoms with Crippen LogP contribution in [0.3, 0.4) is 0 Å². The number of aryl methyl sites for hydroxylation is 2. The number of anilines is 1. The summed E-state index contributed by atoms with van der Waals surface area (Å²) in [5, 5.41) is 3.71. The summed E-state index contributed by atoms with van der Waals surface area (Å²) in [5.74, 6) is 0. The molecule has 0 aromatic heterocycles. The van der Waals surface area contributed by atoms with Crippen molar-refractivity contribution in [2.24, 2.45) is 5.41 Å². The van der Waals surface area contributed by atoms with Gasteiger partial charge in [0, 0.05) is 30.9 Å². The number of nitrogens with one attached hydrogen (secondary N) is 1. The zero-order valence-corrected chi connectivity index (χ0v) is 13.3. The SMILES string of the molecule is Cc1cccc(C)c1N1CC(C)(C)CNC(C)(C)C1.